The first kappa shape index (κ1) is 21.8. The highest BCUT2D eigenvalue weighted by molar-refractivity contribution is 7.99. The predicted octanol–water partition coefficient (Wildman–Crippen LogP) is 2.02. The molecular formula is C19H18N6O5S. The van der Waals surface area contributed by atoms with Gasteiger partial charge in [0.25, 0.3) is 17.5 Å². The van der Waals surface area contributed by atoms with Gasteiger partial charge in [0.2, 0.25) is 0 Å². The van der Waals surface area contributed by atoms with E-state index in [0.29, 0.717) is 15.8 Å². The van der Waals surface area contributed by atoms with E-state index in [9.17, 15) is 19.7 Å². The van der Waals surface area contributed by atoms with Crippen LogP contribution in [-0.2, 0) is 11.8 Å². The molecule has 2 N–H and O–H groups in total. The van der Waals surface area contributed by atoms with Crippen LogP contribution < -0.4 is 15.6 Å². The van der Waals surface area contributed by atoms with E-state index in [4.69, 9.17) is 4.74 Å². The molecule has 11 nitrogen and oxygen atoms in total. The van der Waals surface area contributed by atoms with Gasteiger partial charge < -0.3 is 9.30 Å². The zero-order valence-electron chi connectivity index (χ0n) is 16.6. The number of aryl methyl sites for hydroxylation is 2. The summed E-state index contributed by atoms with van der Waals surface area (Å²) in [4.78, 5) is 35.4. The molecule has 160 valence electrons. The lowest BCUT2D eigenvalue weighted by Crippen LogP contribution is -2.43. The molecule has 0 fully saturated rings. The van der Waals surface area contributed by atoms with Crippen molar-refractivity contribution in [2.75, 3.05) is 6.61 Å². The molecule has 0 aliphatic rings. The van der Waals surface area contributed by atoms with Crippen LogP contribution in [0.25, 0.3) is 0 Å². The fourth-order valence-corrected chi connectivity index (χ4v) is 3.29. The SMILES string of the molecule is Cc1cccc(OCC(=O)NNC(=O)c2ccc(Sc3nncn3C)c([N+](=O)[O-])c2)c1. The molecule has 0 radical (unpaired) electrons. The fourth-order valence-electron chi connectivity index (χ4n) is 2.44. The van der Waals surface area contributed by atoms with Crippen LogP contribution in [0.1, 0.15) is 15.9 Å². The summed E-state index contributed by atoms with van der Waals surface area (Å²) in [6, 6.07) is 11.1. The Labute approximate surface area is 180 Å². The van der Waals surface area contributed by atoms with Crippen molar-refractivity contribution in [3.05, 3.63) is 70.0 Å². The maximum atomic E-state index is 12.3. The number of aromatic nitrogens is 3. The van der Waals surface area contributed by atoms with Crippen LogP contribution in [0, 0.1) is 17.0 Å². The van der Waals surface area contributed by atoms with E-state index in [0.717, 1.165) is 23.4 Å². The van der Waals surface area contributed by atoms with Crippen LogP contribution in [0.3, 0.4) is 0 Å². The van der Waals surface area contributed by atoms with Gasteiger partial charge in [0, 0.05) is 18.7 Å². The fraction of sp³-hybridized carbons (Fsp3) is 0.158. The second-order valence-electron chi connectivity index (χ2n) is 6.37. The molecule has 0 spiro atoms. The zero-order chi connectivity index (χ0) is 22.4. The minimum atomic E-state index is -0.706. The van der Waals surface area contributed by atoms with Gasteiger partial charge in [-0.25, -0.2) is 0 Å². The van der Waals surface area contributed by atoms with E-state index in [1.165, 1.54) is 18.5 Å². The molecular weight excluding hydrogens is 424 g/mol. The Hall–Kier alpha value is -3.93. The lowest BCUT2D eigenvalue weighted by molar-refractivity contribution is -0.387. The Morgan fingerprint density at radius 3 is 2.71 bits per heavy atom. The van der Waals surface area contributed by atoms with E-state index in [2.05, 4.69) is 21.0 Å². The van der Waals surface area contributed by atoms with Gasteiger partial charge in [-0.3, -0.25) is 30.6 Å². The Morgan fingerprint density at radius 2 is 2.03 bits per heavy atom. The quantitative estimate of drug-likeness (QED) is 0.418. The van der Waals surface area contributed by atoms with Crippen LogP contribution in [0.15, 0.2) is 58.8 Å². The van der Waals surface area contributed by atoms with Crippen LogP contribution in [0.5, 0.6) is 5.75 Å². The third-order valence-electron chi connectivity index (χ3n) is 3.96. The third kappa shape index (κ3) is 5.79. The van der Waals surface area contributed by atoms with Crippen molar-refractivity contribution in [1.29, 1.82) is 0 Å². The number of hydrazine groups is 1. The van der Waals surface area contributed by atoms with E-state index >= 15 is 0 Å². The summed E-state index contributed by atoms with van der Waals surface area (Å²) < 4.78 is 6.96. The highest BCUT2D eigenvalue weighted by Crippen LogP contribution is 2.34. The van der Waals surface area contributed by atoms with Crippen molar-refractivity contribution in [3.63, 3.8) is 0 Å². The number of hydrogen-bond acceptors (Lipinski definition) is 8. The lowest BCUT2D eigenvalue weighted by atomic mass is 10.2. The van der Waals surface area contributed by atoms with Gasteiger partial charge in [0.05, 0.1) is 9.82 Å². The van der Waals surface area contributed by atoms with E-state index in [-0.39, 0.29) is 17.9 Å². The summed E-state index contributed by atoms with van der Waals surface area (Å²) in [6.45, 7) is 1.58. The molecule has 2 amide bonds. The number of nitro benzene ring substituents is 1. The summed E-state index contributed by atoms with van der Waals surface area (Å²) in [5, 5.41) is 19.5. The highest BCUT2D eigenvalue weighted by atomic mass is 32.2. The zero-order valence-corrected chi connectivity index (χ0v) is 17.4. The molecule has 2 aromatic carbocycles. The lowest BCUT2D eigenvalue weighted by Gasteiger charge is -2.10. The van der Waals surface area contributed by atoms with Crippen LogP contribution in [0.2, 0.25) is 0 Å². The van der Waals surface area contributed by atoms with Crippen molar-refractivity contribution in [2.24, 2.45) is 7.05 Å². The number of carbonyl (C=O) groups excluding carboxylic acids is 2. The molecule has 0 bridgehead atoms. The van der Waals surface area contributed by atoms with Crippen molar-refractivity contribution >= 4 is 29.3 Å². The Bertz CT molecular complexity index is 1130. The normalized spacial score (nSPS) is 10.4. The number of ether oxygens (including phenoxy) is 1. The standard InChI is InChI=1S/C19H18N6O5S/c1-12-4-3-5-14(8-12)30-10-17(26)21-22-18(27)13-6-7-16(15(9-13)25(28)29)31-19-23-20-11-24(19)2/h3-9,11H,10H2,1-2H3,(H,21,26)(H,22,27). The third-order valence-corrected chi connectivity index (χ3v) is 5.08. The Kier molecular flexibility index (Phi) is 6.82. The van der Waals surface area contributed by atoms with E-state index < -0.39 is 16.7 Å². The Morgan fingerprint density at radius 1 is 1.23 bits per heavy atom. The van der Waals surface area contributed by atoms with Gasteiger partial charge in [-0.05, 0) is 48.5 Å². The summed E-state index contributed by atoms with van der Waals surface area (Å²) in [5.74, 6) is -0.769. The molecule has 1 aromatic heterocycles. The first-order valence-corrected chi connectivity index (χ1v) is 9.74. The second-order valence-corrected chi connectivity index (χ2v) is 7.38. The number of hydrogen-bond donors (Lipinski definition) is 2. The van der Waals surface area contributed by atoms with Crippen LogP contribution in [-0.4, -0.2) is 38.1 Å². The average Bonchev–Trinajstić information content (AvgIpc) is 3.15. The molecule has 1 heterocycles. The minimum absolute atomic E-state index is 0.00826. The summed E-state index contributed by atoms with van der Waals surface area (Å²) in [6.07, 6.45) is 1.47. The Balaban J connectivity index is 1.60. The van der Waals surface area contributed by atoms with Gasteiger partial charge in [-0.15, -0.1) is 10.2 Å². The summed E-state index contributed by atoms with van der Waals surface area (Å²) in [5.41, 5.74) is 5.14. The first-order valence-electron chi connectivity index (χ1n) is 8.92. The summed E-state index contributed by atoms with van der Waals surface area (Å²) >= 11 is 1.05. The average molecular weight is 442 g/mol. The summed E-state index contributed by atoms with van der Waals surface area (Å²) in [7, 11) is 1.71. The molecule has 0 aliphatic carbocycles. The predicted molar refractivity (Wildman–Crippen MR) is 111 cm³/mol. The highest BCUT2D eigenvalue weighted by Gasteiger charge is 2.20. The van der Waals surface area contributed by atoms with Gasteiger partial charge in [-0.1, -0.05) is 12.1 Å². The van der Waals surface area contributed by atoms with Crippen molar-refractivity contribution < 1.29 is 19.2 Å². The molecule has 0 aliphatic heterocycles. The number of nitrogens with zero attached hydrogens (tertiary/aromatic N) is 4. The molecule has 3 aromatic rings. The molecule has 12 heteroatoms. The molecule has 0 atom stereocenters. The van der Waals surface area contributed by atoms with Gasteiger partial charge in [0.1, 0.15) is 12.1 Å². The number of rotatable bonds is 7. The number of nitrogens with one attached hydrogen (secondary N) is 2. The van der Waals surface area contributed by atoms with Crippen molar-refractivity contribution in [2.45, 2.75) is 17.0 Å². The second kappa shape index (κ2) is 9.71. The van der Waals surface area contributed by atoms with Crippen molar-refractivity contribution in [1.82, 2.24) is 25.6 Å². The number of carbonyl (C=O) groups is 2. The maximum Gasteiger partial charge on any atom is 0.284 e. The number of amides is 2. The number of nitro groups is 1. The maximum absolute atomic E-state index is 12.3. The van der Waals surface area contributed by atoms with Gasteiger partial charge in [-0.2, -0.15) is 0 Å². The first-order chi connectivity index (χ1) is 14.8. The van der Waals surface area contributed by atoms with Crippen LogP contribution in [0.4, 0.5) is 5.69 Å². The van der Waals surface area contributed by atoms with Crippen LogP contribution >= 0.6 is 11.8 Å². The monoisotopic (exact) mass is 442 g/mol. The number of benzene rings is 2. The molecule has 31 heavy (non-hydrogen) atoms. The van der Waals surface area contributed by atoms with E-state index in [1.807, 2.05) is 13.0 Å². The molecule has 0 saturated carbocycles. The molecule has 0 saturated heterocycles. The minimum Gasteiger partial charge on any atom is -0.484 e. The largest absolute Gasteiger partial charge is 0.484 e. The van der Waals surface area contributed by atoms with Gasteiger partial charge >= 0.3 is 0 Å². The topological polar surface area (TPSA) is 141 Å². The molecule has 3 rings (SSSR count). The van der Waals surface area contributed by atoms with Crippen molar-refractivity contribution in [3.8, 4) is 5.75 Å². The van der Waals surface area contributed by atoms with Gasteiger partial charge in [0.15, 0.2) is 11.8 Å². The molecule has 0 unspecified atom stereocenters. The van der Waals surface area contributed by atoms with E-state index in [1.54, 1.807) is 29.8 Å². The smallest absolute Gasteiger partial charge is 0.284 e.